The Morgan fingerprint density at radius 1 is 1.44 bits per heavy atom. The molecule has 1 aliphatic rings. The molecule has 9 heavy (non-hydrogen) atoms. The predicted molar refractivity (Wildman–Crippen MR) is 43.1 cm³/mol. The number of hydrogen-bond acceptors (Lipinski definition) is 2. The molecule has 0 fully saturated rings. The first-order chi connectivity index (χ1) is 4.30. The summed E-state index contributed by atoms with van der Waals surface area (Å²) in [7, 11) is 2.09. The van der Waals surface area contributed by atoms with Gasteiger partial charge >= 0.3 is 0 Å². The van der Waals surface area contributed by atoms with Crippen molar-refractivity contribution in [2.75, 3.05) is 7.05 Å². The molecule has 2 heteroatoms. The van der Waals surface area contributed by atoms with Crippen molar-refractivity contribution in [3.63, 3.8) is 0 Å². The summed E-state index contributed by atoms with van der Waals surface area (Å²) < 4.78 is 2.21. The minimum absolute atomic E-state index is 0.546. The molecule has 1 rings (SSSR count). The summed E-state index contributed by atoms with van der Waals surface area (Å²) in [6, 6.07) is 0.546. The summed E-state index contributed by atoms with van der Waals surface area (Å²) in [5.74, 6) is 0. The molecule has 0 aromatic heterocycles. The molecule has 1 heterocycles. The van der Waals surface area contributed by atoms with Crippen LogP contribution in [0.4, 0.5) is 0 Å². The Balaban J connectivity index is 2.58. The van der Waals surface area contributed by atoms with Gasteiger partial charge in [0.2, 0.25) is 0 Å². The quantitative estimate of drug-likeness (QED) is 0.475. The van der Waals surface area contributed by atoms with Gasteiger partial charge in [0.1, 0.15) is 0 Å². The molecule has 0 aliphatic carbocycles. The number of nitrogens with zero attached hydrogens (tertiary/aromatic N) is 1. The highest BCUT2D eigenvalue weighted by Crippen LogP contribution is 2.15. The summed E-state index contributed by atoms with van der Waals surface area (Å²) in [5, 5.41) is 2.08. The molecular weight excluding hydrogens is 130 g/mol. The van der Waals surface area contributed by atoms with Crippen molar-refractivity contribution in [3.8, 4) is 0 Å². The Labute approximate surface area is 60.6 Å². The molecule has 0 saturated heterocycles. The van der Waals surface area contributed by atoms with E-state index >= 15 is 0 Å². The van der Waals surface area contributed by atoms with E-state index < -0.39 is 0 Å². The SMILES string of the molecule is C[C@H]1C=CC=CSN1C. The van der Waals surface area contributed by atoms with Gasteiger partial charge in [-0.05, 0) is 31.3 Å². The van der Waals surface area contributed by atoms with Crippen molar-refractivity contribution < 1.29 is 0 Å². The van der Waals surface area contributed by atoms with E-state index in [9.17, 15) is 0 Å². The molecule has 0 amide bonds. The lowest BCUT2D eigenvalue weighted by atomic mass is 10.3. The molecule has 0 spiro atoms. The standard InChI is InChI=1S/C7H11NS/c1-7-5-3-4-6-9-8(7)2/h3-7H,1-2H3/t7-/m0/s1. The van der Waals surface area contributed by atoms with E-state index in [1.165, 1.54) is 0 Å². The van der Waals surface area contributed by atoms with E-state index in [0.29, 0.717) is 6.04 Å². The number of hydrogen-bond donors (Lipinski definition) is 0. The molecule has 1 aliphatic heterocycles. The highest BCUT2D eigenvalue weighted by molar-refractivity contribution is 7.99. The molecule has 0 bridgehead atoms. The van der Waals surface area contributed by atoms with Crippen molar-refractivity contribution in [1.82, 2.24) is 4.31 Å². The van der Waals surface area contributed by atoms with Crippen LogP contribution >= 0.6 is 11.9 Å². The first-order valence-corrected chi connectivity index (χ1v) is 3.87. The lowest BCUT2D eigenvalue weighted by Crippen LogP contribution is -2.18. The molecule has 0 saturated carbocycles. The van der Waals surface area contributed by atoms with Gasteiger partial charge in [-0.15, -0.1) is 0 Å². The second kappa shape index (κ2) is 3.08. The highest BCUT2D eigenvalue weighted by Gasteiger charge is 2.04. The Morgan fingerprint density at radius 3 is 3.00 bits per heavy atom. The number of allylic oxidation sites excluding steroid dienone is 2. The van der Waals surface area contributed by atoms with Crippen LogP contribution in [0.5, 0.6) is 0 Å². The fourth-order valence-electron chi connectivity index (χ4n) is 0.619. The molecular formula is C7H11NS. The Kier molecular flexibility index (Phi) is 2.37. The van der Waals surface area contributed by atoms with Gasteiger partial charge in [-0.3, -0.25) is 0 Å². The van der Waals surface area contributed by atoms with E-state index in [2.05, 4.69) is 41.9 Å². The summed E-state index contributed by atoms with van der Waals surface area (Å²) in [6.07, 6.45) is 6.32. The smallest absolute Gasteiger partial charge is 0.0357 e. The van der Waals surface area contributed by atoms with E-state index in [1.807, 2.05) is 0 Å². The third-order valence-corrected chi connectivity index (χ3v) is 2.32. The van der Waals surface area contributed by atoms with Crippen LogP contribution in [0, 0.1) is 0 Å². The lowest BCUT2D eigenvalue weighted by Gasteiger charge is -2.16. The first kappa shape index (κ1) is 6.90. The van der Waals surface area contributed by atoms with Gasteiger partial charge in [0.05, 0.1) is 0 Å². The fraction of sp³-hybridized carbons (Fsp3) is 0.429. The van der Waals surface area contributed by atoms with Crippen molar-refractivity contribution in [2.24, 2.45) is 0 Å². The Bertz CT molecular complexity index is 140. The van der Waals surface area contributed by atoms with Crippen LogP contribution in [0.2, 0.25) is 0 Å². The van der Waals surface area contributed by atoms with Crippen LogP contribution in [0.25, 0.3) is 0 Å². The van der Waals surface area contributed by atoms with E-state index in [4.69, 9.17) is 0 Å². The van der Waals surface area contributed by atoms with E-state index in [-0.39, 0.29) is 0 Å². The van der Waals surface area contributed by atoms with E-state index in [1.54, 1.807) is 11.9 Å². The maximum atomic E-state index is 2.21. The summed E-state index contributed by atoms with van der Waals surface area (Å²) in [6.45, 7) is 2.18. The minimum Gasteiger partial charge on any atom is -0.243 e. The molecule has 1 atom stereocenters. The van der Waals surface area contributed by atoms with Gasteiger partial charge in [-0.25, -0.2) is 4.31 Å². The van der Waals surface area contributed by atoms with Gasteiger partial charge in [0, 0.05) is 6.04 Å². The average molecular weight is 141 g/mol. The Morgan fingerprint density at radius 2 is 2.22 bits per heavy atom. The highest BCUT2D eigenvalue weighted by atomic mass is 32.2. The monoisotopic (exact) mass is 141 g/mol. The van der Waals surface area contributed by atoms with Gasteiger partial charge < -0.3 is 0 Å². The maximum Gasteiger partial charge on any atom is 0.0357 e. The normalized spacial score (nSPS) is 28.4. The zero-order valence-electron chi connectivity index (χ0n) is 5.74. The van der Waals surface area contributed by atoms with Crippen molar-refractivity contribution in [1.29, 1.82) is 0 Å². The van der Waals surface area contributed by atoms with Crippen LogP contribution in [-0.2, 0) is 0 Å². The first-order valence-electron chi connectivity index (χ1n) is 3.03. The second-order valence-electron chi connectivity index (χ2n) is 2.11. The average Bonchev–Trinajstić information content (AvgIpc) is 1.99. The zero-order valence-corrected chi connectivity index (χ0v) is 6.56. The third-order valence-electron chi connectivity index (χ3n) is 1.38. The van der Waals surface area contributed by atoms with Crippen molar-refractivity contribution in [3.05, 3.63) is 23.6 Å². The van der Waals surface area contributed by atoms with Crippen LogP contribution in [0.1, 0.15) is 6.92 Å². The fourth-order valence-corrected chi connectivity index (χ4v) is 1.23. The van der Waals surface area contributed by atoms with Crippen molar-refractivity contribution in [2.45, 2.75) is 13.0 Å². The summed E-state index contributed by atoms with van der Waals surface area (Å²) in [5.41, 5.74) is 0. The van der Waals surface area contributed by atoms with Gasteiger partial charge in [-0.2, -0.15) is 0 Å². The van der Waals surface area contributed by atoms with Gasteiger partial charge in [0.15, 0.2) is 0 Å². The minimum atomic E-state index is 0.546. The molecule has 1 nitrogen and oxygen atoms in total. The summed E-state index contributed by atoms with van der Waals surface area (Å²) in [4.78, 5) is 0. The van der Waals surface area contributed by atoms with Crippen molar-refractivity contribution >= 4 is 11.9 Å². The topological polar surface area (TPSA) is 3.24 Å². The van der Waals surface area contributed by atoms with E-state index in [0.717, 1.165) is 0 Å². The Hall–Kier alpha value is -0.210. The largest absolute Gasteiger partial charge is 0.243 e. The molecule has 0 aromatic carbocycles. The van der Waals surface area contributed by atoms with Gasteiger partial charge in [0.25, 0.3) is 0 Å². The maximum absolute atomic E-state index is 2.21. The van der Waals surface area contributed by atoms with Crippen LogP contribution < -0.4 is 0 Å². The van der Waals surface area contributed by atoms with Crippen LogP contribution in [0.3, 0.4) is 0 Å². The predicted octanol–water partition coefficient (Wildman–Crippen LogP) is 2.04. The second-order valence-corrected chi connectivity index (χ2v) is 3.16. The summed E-state index contributed by atoms with van der Waals surface area (Å²) >= 11 is 1.74. The van der Waals surface area contributed by atoms with Gasteiger partial charge in [-0.1, -0.05) is 18.2 Å². The van der Waals surface area contributed by atoms with Crippen LogP contribution in [0.15, 0.2) is 23.6 Å². The molecule has 0 radical (unpaired) electrons. The lowest BCUT2D eigenvalue weighted by molar-refractivity contribution is 0.512. The number of likely N-dealkylation sites (N-methyl/N-ethyl adjacent to an activating group) is 1. The molecule has 50 valence electrons. The number of rotatable bonds is 0. The molecule has 0 unspecified atom stereocenters. The van der Waals surface area contributed by atoms with Crippen LogP contribution in [-0.4, -0.2) is 17.4 Å². The molecule has 0 N–H and O–H groups in total. The molecule has 0 aromatic rings. The third kappa shape index (κ3) is 1.88. The zero-order chi connectivity index (χ0) is 6.69.